The molecule has 0 unspecified atom stereocenters. The molecule has 1 aromatic carbocycles. The summed E-state index contributed by atoms with van der Waals surface area (Å²) in [5.74, 6) is 1.81. The molecule has 1 aliphatic carbocycles. The second-order valence-electron chi connectivity index (χ2n) is 5.14. The van der Waals surface area contributed by atoms with Crippen molar-refractivity contribution in [2.75, 3.05) is 6.54 Å². The molecular formula is C15H23N. The molecule has 0 radical (unpaired) electrons. The van der Waals surface area contributed by atoms with E-state index in [1.807, 2.05) is 0 Å². The lowest BCUT2D eigenvalue weighted by Gasteiger charge is -2.19. The first-order valence-electron chi connectivity index (χ1n) is 6.61. The topological polar surface area (TPSA) is 12.0 Å². The van der Waals surface area contributed by atoms with Crippen molar-refractivity contribution in [3.8, 4) is 0 Å². The average molecular weight is 217 g/mol. The van der Waals surface area contributed by atoms with E-state index in [2.05, 4.69) is 42.6 Å². The highest BCUT2D eigenvalue weighted by Gasteiger charge is 2.20. The second-order valence-corrected chi connectivity index (χ2v) is 5.14. The van der Waals surface area contributed by atoms with Crippen molar-refractivity contribution in [2.24, 2.45) is 11.8 Å². The molecule has 0 amide bonds. The second kappa shape index (κ2) is 6.05. The molecule has 1 aliphatic rings. The van der Waals surface area contributed by atoms with Gasteiger partial charge < -0.3 is 5.32 Å². The van der Waals surface area contributed by atoms with Gasteiger partial charge in [0.25, 0.3) is 0 Å². The lowest BCUT2D eigenvalue weighted by Crippen LogP contribution is -2.24. The molecule has 0 spiro atoms. The van der Waals surface area contributed by atoms with Gasteiger partial charge in [0.2, 0.25) is 0 Å². The predicted octanol–water partition coefficient (Wildman–Crippen LogP) is 3.60. The van der Waals surface area contributed by atoms with E-state index in [-0.39, 0.29) is 0 Å². The van der Waals surface area contributed by atoms with E-state index < -0.39 is 0 Å². The molecule has 0 heterocycles. The quantitative estimate of drug-likeness (QED) is 0.794. The van der Waals surface area contributed by atoms with Crippen LogP contribution in [0.15, 0.2) is 30.3 Å². The van der Waals surface area contributed by atoms with Gasteiger partial charge in [-0.05, 0) is 23.9 Å². The molecule has 1 heteroatoms. The van der Waals surface area contributed by atoms with Crippen LogP contribution < -0.4 is 5.32 Å². The maximum absolute atomic E-state index is 3.58. The minimum Gasteiger partial charge on any atom is -0.312 e. The summed E-state index contributed by atoms with van der Waals surface area (Å²) in [5.41, 5.74) is 1.39. The predicted molar refractivity (Wildman–Crippen MR) is 69.3 cm³/mol. The summed E-state index contributed by atoms with van der Waals surface area (Å²) < 4.78 is 0. The van der Waals surface area contributed by atoms with Gasteiger partial charge in [0.15, 0.2) is 0 Å². The molecule has 88 valence electrons. The monoisotopic (exact) mass is 217 g/mol. The van der Waals surface area contributed by atoms with Gasteiger partial charge in [-0.3, -0.25) is 0 Å². The number of hydrogen-bond acceptors (Lipinski definition) is 1. The summed E-state index contributed by atoms with van der Waals surface area (Å²) in [6.45, 7) is 4.57. The summed E-state index contributed by atoms with van der Waals surface area (Å²) in [7, 11) is 0. The summed E-state index contributed by atoms with van der Waals surface area (Å²) >= 11 is 0. The zero-order valence-electron chi connectivity index (χ0n) is 10.3. The van der Waals surface area contributed by atoms with Crippen molar-refractivity contribution >= 4 is 0 Å². The van der Waals surface area contributed by atoms with E-state index in [1.54, 1.807) is 0 Å². The fourth-order valence-electron chi connectivity index (χ4n) is 2.73. The Morgan fingerprint density at radius 3 is 2.56 bits per heavy atom. The first kappa shape index (κ1) is 11.7. The number of benzene rings is 1. The molecule has 16 heavy (non-hydrogen) atoms. The number of nitrogens with one attached hydrogen (secondary N) is 1. The van der Waals surface area contributed by atoms with E-state index in [0.717, 1.165) is 18.4 Å². The van der Waals surface area contributed by atoms with Gasteiger partial charge in [-0.15, -0.1) is 0 Å². The van der Waals surface area contributed by atoms with Crippen molar-refractivity contribution in [1.29, 1.82) is 0 Å². The zero-order chi connectivity index (χ0) is 11.2. The van der Waals surface area contributed by atoms with Crippen LogP contribution in [0, 0.1) is 11.8 Å². The van der Waals surface area contributed by atoms with Crippen LogP contribution >= 0.6 is 0 Å². The molecule has 1 aromatic rings. The Morgan fingerprint density at radius 2 is 1.88 bits per heavy atom. The summed E-state index contributed by atoms with van der Waals surface area (Å²) in [5, 5.41) is 3.58. The molecule has 0 aromatic heterocycles. The standard InChI is InChI=1S/C15H23N/c1-13(15-9-5-6-10-15)11-16-12-14-7-3-2-4-8-14/h2-4,7-8,13,15-16H,5-6,9-12H2,1H3/t13-/m0/s1. The summed E-state index contributed by atoms with van der Waals surface area (Å²) in [6.07, 6.45) is 5.81. The van der Waals surface area contributed by atoms with Gasteiger partial charge in [-0.1, -0.05) is 62.9 Å². The third-order valence-corrected chi connectivity index (χ3v) is 3.84. The Balaban J connectivity index is 1.67. The van der Waals surface area contributed by atoms with Gasteiger partial charge in [0.1, 0.15) is 0 Å². The highest BCUT2D eigenvalue weighted by atomic mass is 14.9. The van der Waals surface area contributed by atoms with Crippen LogP contribution in [-0.4, -0.2) is 6.54 Å². The van der Waals surface area contributed by atoms with E-state index >= 15 is 0 Å². The number of rotatable bonds is 5. The maximum atomic E-state index is 3.58. The largest absolute Gasteiger partial charge is 0.312 e. The van der Waals surface area contributed by atoms with Crippen molar-refractivity contribution in [1.82, 2.24) is 5.32 Å². The molecule has 1 fully saturated rings. The minimum atomic E-state index is 0.839. The Kier molecular flexibility index (Phi) is 4.41. The summed E-state index contributed by atoms with van der Waals surface area (Å²) in [6, 6.07) is 10.7. The molecule has 1 nitrogen and oxygen atoms in total. The van der Waals surface area contributed by atoms with E-state index in [4.69, 9.17) is 0 Å². The van der Waals surface area contributed by atoms with Crippen LogP contribution in [0.3, 0.4) is 0 Å². The van der Waals surface area contributed by atoms with E-state index in [0.29, 0.717) is 0 Å². The maximum Gasteiger partial charge on any atom is 0.0205 e. The van der Waals surface area contributed by atoms with Gasteiger partial charge >= 0.3 is 0 Å². The van der Waals surface area contributed by atoms with Crippen molar-refractivity contribution < 1.29 is 0 Å². The lowest BCUT2D eigenvalue weighted by atomic mass is 9.92. The highest BCUT2D eigenvalue weighted by molar-refractivity contribution is 5.14. The third-order valence-electron chi connectivity index (χ3n) is 3.84. The smallest absolute Gasteiger partial charge is 0.0205 e. The van der Waals surface area contributed by atoms with Gasteiger partial charge in [-0.25, -0.2) is 0 Å². The Labute approximate surface area is 99.3 Å². The van der Waals surface area contributed by atoms with Gasteiger partial charge in [-0.2, -0.15) is 0 Å². The van der Waals surface area contributed by atoms with Crippen LogP contribution in [0.4, 0.5) is 0 Å². The fraction of sp³-hybridized carbons (Fsp3) is 0.600. The average Bonchev–Trinajstić information content (AvgIpc) is 2.84. The highest BCUT2D eigenvalue weighted by Crippen LogP contribution is 2.30. The molecule has 2 rings (SSSR count). The van der Waals surface area contributed by atoms with Crippen molar-refractivity contribution in [3.63, 3.8) is 0 Å². The number of hydrogen-bond donors (Lipinski definition) is 1. The molecule has 0 bridgehead atoms. The molecule has 0 saturated heterocycles. The minimum absolute atomic E-state index is 0.839. The lowest BCUT2D eigenvalue weighted by molar-refractivity contribution is 0.348. The van der Waals surface area contributed by atoms with Crippen LogP contribution in [0.25, 0.3) is 0 Å². The zero-order valence-corrected chi connectivity index (χ0v) is 10.3. The first-order chi connectivity index (χ1) is 7.86. The van der Waals surface area contributed by atoms with Crippen LogP contribution in [0.1, 0.15) is 38.2 Å². The van der Waals surface area contributed by atoms with Crippen molar-refractivity contribution in [3.05, 3.63) is 35.9 Å². The first-order valence-corrected chi connectivity index (χ1v) is 6.61. The molecule has 1 saturated carbocycles. The normalized spacial score (nSPS) is 18.8. The molecule has 1 N–H and O–H groups in total. The molecular weight excluding hydrogens is 194 g/mol. The van der Waals surface area contributed by atoms with Crippen LogP contribution in [-0.2, 0) is 6.54 Å². The van der Waals surface area contributed by atoms with Crippen LogP contribution in [0.5, 0.6) is 0 Å². The summed E-state index contributed by atoms with van der Waals surface area (Å²) in [4.78, 5) is 0. The van der Waals surface area contributed by atoms with E-state index in [1.165, 1.54) is 37.8 Å². The SMILES string of the molecule is C[C@@H](CNCc1ccccc1)C1CCCC1. The Hall–Kier alpha value is -0.820. The van der Waals surface area contributed by atoms with Gasteiger partial charge in [0.05, 0.1) is 0 Å². The van der Waals surface area contributed by atoms with Crippen LogP contribution in [0.2, 0.25) is 0 Å². The Morgan fingerprint density at radius 1 is 1.19 bits per heavy atom. The third kappa shape index (κ3) is 3.34. The molecule has 0 aliphatic heterocycles. The Bertz CT molecular complexity index is 288. The van der Waals surface area contributed by atoms with Crippen molar-refractivity contribution in [2.45, 2.75) is 39.2 Å². The van der Waals surface area contributed by atoms with E-state index in [9.17, 15) is 0 Å². The molecule has 1 atom stereocenters. The fourth-order valence-corrected chi connectivity index (χ4v) is 2.73. The van der Waals surface area contributed by atoms with Gasteiger partial charge in [0, 0.05) is 6.54 Å².